The van der Waals surface area contributed by atoms with Crippen LogP contribution in [-0.4, -0.2) is 53.6 Å². The summed E-state index contributed by atoms with van der Waals surface area (Å²) in [6.07, 6.45) is 0.527. The minimum atomic E-state index is -3.01. The Labute approximate surface area is 160 Å². The molecule has 0 N–H and O–H groups in total. The highest BCUT2D eigenvalue weighted by Gasteiger charge is 2.35. The number of thioether (sulfide) groups is 1. The number of aromatic nitrogens is 1. The van der Waals surface area contributed by atoms with Crippen molar-refractivity contribution in [2.75, 3.05) is 18.1 Å². The summed E-state index contributed by atoms with van der Waals surface area (Å²) in [5.41, 5.74) is 0.828. The summed E-state index contributed by atoms with van der Waals surface area (Å²) in [5, 5.41) is 0.317. The Kier molecular flexibility index (Phi) is 5.63. The highest BCUT2D eigenvalue weighted by Crippen LogP contribution is 2.34. The minimum Gasteiger partial charge on any atom is -0.338 e. The molecule has 1 saturated heterocycles. The third-order valence-electron chi connectivity index (χ3n) is 4.23. The zero-order valence-corrected chi connectivity index (χ0v) is 17.1. The summed E-state index contributed by atoms with van der Waals surface area (Å²) >= 11 is 8.93. The maximum atomic E-state index is 12.8. The van der Waals surface area contributed by atoms with Gasteiger partial charge in [-0.2, -0.15) is 0 Å². The molecule has 1 aromatic heterocycles. The Bertz CT molecular complexity index is 897. The van der Waals surface area contributed by atoms with E-state index in [1.807, 2.05) is 32.0 Å². The predicted molar refractivity (Wildman–Crippen MR) is 104 cm³/mol. The molecule has 9 heteroatoms. The standard InChI is InChI=1S/C16H19ClN2O3S3/c1-3-19(12-6-7-25(21,22)9-12)15(20)10(2)23-16-18-13-8-11(17)4-5-14(13)24-16/h4-5,8,10,12H,3,6-7,9H2,1-2H3/t10-,12-/m0/s1. The summed E-state index contributed by atoms with van der Waals surface area (Å²) in [4.78, 5) is 19.0. The Morgan fingerprint density at radius 1 is 1.52 bits per heavy atom. The van der Waals surface area contributed by atoms with Crippen molar-refractivity contribution < 1.29 is 13.2 Å². The van der Waals surface area contributed by atoms with Crippen LogP contribution in [0, 0.1) is 0 Å². The van der Waals surface area contributed by atoms with Crippen LogP contribution in [0.5, 0.6) is 0 Å². The molecule has 0 saturated carbocycles. The number of hydrogen-bond donors (Lipinski definition) is 0. The number of carbonyl (C=O) groups is 1. The first-order valence-electron chi connectivity index (χ1n) is 8.02. The van der Waals surface area contributed by atoms with E-state index in [0.29, 0.717) is 18.0 Å². The van der Waals surface area contributed by atoms with Crippen molar-refractivity contribution in [2.24, 2.45) is 0 Å². The van der Waals surface area contributed by atoms with Crippen LogP contribution in [0.3, 0.4) is 0 Å². The van der Waals surface area contributed by atoms with E-state index < -0.39 is 9.84 Å². The highest BCUT2D eigenvalue weighted by atomic mass is 35.5. The quantitative estimate of drug-likeness (QED) is 0.695. The molecule has 5 nitrogen and oxygen atoms in total. The molecule has 2 heterocycles. The van der Waals surface area contributed by atoms with Crippen molar-refractivity contribution in [3.8, 4) is 0 Å². The van der Waals surface area contributed by atoms with Gasteiger partial charge in [-0.15, -0.1) is 11.3 Å². The molecule has 3 rings (SSSR count). The number of hydrogen-bond acceptors (Lipinski definition) is 6. The van der Waals surface area contributed by atoms with Gasteiger partial charge in [-0.1, -0.05) is 23.4 Å². The molecule has 2 atom stereocenters. The molecule has 0 radical (unpaired) electrons. The van der Waals surface area contributed by atoms with Gasteiger partial charge in [0.15, 0.2) is 14.2 Å². The third-order valence-corrected chi connectivity index (χ3v) is 8.43. The fraction of sp³-hybridized carbons (Fsp3) is 0.500. The average Bonchev–Trinajstić information content (AvgIpc) is 3.09. The lowest BCUT2D eigenvalue weighted by Crippen LogP contribution is -2.44. The number of nitrogens with zero attached hydrogens (tertiary/aromatic N) is 2. The number of benzene rings is 1. The van der Waals surface area contributed by atoms with Crippen molar-refractivity contribution in [1.82, 2.24) is 9.88 Å². The van der Waals surface area contributed by atoms with E-state index in [2.05, 4.69) is 4.98 Å². The van der Waals surface area contributed by atoms with E-state index in [4.69, 9.17) is 11.6 Å². The van der Waals surface area contributed by atoms with E-state index in [1.165, 1.54) is 23.1 Å². The molecule has 25 heavy (non-hydrogen) atoms. The monoisotopic (exact) mass is 418 g/mol. The lowest BCUT2D eigenvalue weighted by Gasteiger charge is -2.29. The Hall–Kier alpha value is -0.830. The van der Waals surface area contributed by atoms with E-state index in [-0.39, 0.29) is 28.7 Å². The predicted octanol–water partition coefficient (Wildman–Crippen LogP) is 3.47. The topological polar surface area (TPSA) is 67.3 Å². The zero-order chi connectivity index (χ0) is 18.2. The van der Waals surface area contributed by atoms with Gasteiger partial charge in [-0.3, -0.25) is 4.79 Å². The number of thiazole rings is 1. The van der Waals surface area contributed by atoms with Gasteiger partial charge in [0.25, 0.3) is 0 Å². The van der Waals surface area contributed by atoms with E-state index in [1.54, 1.807) is 4.90 Å². The molecule has 1 aliphatic heterocycles. The molecule has 136 valence electrons. The van der Waals surface area contributed by atoms with Crippen molar-refractivity contribution in [3.05, 3.63) is 23.2 Å². The first-order valence-corrected chi connectivity index (χ1v) is 11.9. The third kappa shape index (κ3) is 4.30. The summed E-state index contributed by atoms with van der Waals surface area (Å²) in [6.45, 7) is 4.25. The Balaban J connectivity index is 1.72. The van der Waals surface area contributed by atoms with Gasteiger partial charge in [0, 0.05) is 17.6 Å². The van der Waals surface area contributed by atoms with Crippen molar-refractivity contribution >= 4 is 60.7 Å². The first kappa shape index (κ1) is 18.9. The molecule has 1 aliphatic rings. The van der Waals surface area contributed by atoms with Crippen LogP contribution < -0.4 is 0 Å². The molecular formula is C16H19ClN2O3S3. The molecule has 0 bridgehead atoms. The Morgan fingerprint density at radius 3 is 2.92 bits per heavy atom. The molecule has 0 spiro atoms. The number of amides is 1. The van der Waals surface area contributed by atoms with Crippen LogP contribution in [0.15, 0.2) is 22.5 Å². The SMILES string of the molecule is CCN(C(=O)[C@H](C)Sc1nc2cc(Cl)ccc2s1)[C@H]1CCS(=O)(=O)C1. The summed E-state index contributed by atoms with van der Waals surface area (Å²) in [7, 11) is -3.01. The summed E-state index contributed by atoms with van der Waals surface area (Å²) in [6, 6.07) is 5.35. The van der Waals surface area contributed by atoms with Gasteiger partial charge in [-0.25, -0.2) is 13.4 Å². The van der Waals surface area contributed by atoms with Crippen LogP contribution in [-0.2, 0) is 14.6 Å². The van der Waals surface area contributed by atoms with Crippen LogP contribution >= 0.6 is 34.7 Å². The second kappa shape index (κ2) is 7.42. The molecule has 0 aliphatic carbocycles. The lowest BCUT2D eigenvalue weighted by atomic mass is 10.2. The summed E-state index contributed by atoms with van der Waals surface area (Å²) in [5.74, 6) is 0.206. The molecular weight excluding hydrogens is 400 g/mol. The number of halogens is 1. The second-order valence-electron chi connectivity index (χ2n) is 6.03. The van der Waals surface area contributed by atoms with Crippen LogP contribution in [0.25, 0.3) is 10.2 Å². The van der Waals surface area contributed by atoms with Gasteiger partial charge in [0.1, 0.15) is 0 Å². The van der Waals surface area contributed by atoms with Gasteiger partial charge >= 0.3 is 0 Å². The van der Waals surface area contributed by atoms with Crippen molar-refractivity contribution in [1.29, 1.82) is 0 Å². The second-order valence-corrected chi connectivity index (χ2v) is 11.3. The zero-order valence-electron chi connectivity index (χ0n) is 13.9. The highest BCUT2D eigenvalue weighted by molar-refractivity contribution is 8.02. The average molecular weight is 419 g/mol. The Morgan fingerprint density at radius 2 is 2.28 bits per heavy atom. The molecule has 1 amide bonds. The van der Waals surface area contributed by atoms with Crippen molar-refractivity contribution in [2.45, 2.75) is 35.9 Å². The van der Waals surface area contributed by atoms with E-state index in [9.17, 15) is 13.2 Å². The van der Waals surface area contributed by atoms with Gasteiger partial charge in [0.05, 0.1) is 27.0 Å². The minimum absolute atomic E-state index is 0.0353. The van der Waals surface area contributed by atoms with Crippen molar-refractivity contribution in [3.63, 3.8) is 0 Å². The smallest absolute Gasteiger partial charge is 0.236 e. The lowest BCUT2D eigenvalue weighted by molar-refractivity contribution is -0.131. The normalized spacial score (nSPS) is 20.7. The van der Waals surface area contributed by atoms with Crippen LogP contribution in [0.2, 0.25) is 5.02 Å². The van der Waals surface area contributed by atoms with Crippen LogP contribution in [0.1, 0.15) is 20.3 Å². The molecule has 1 aromatic carbocycles. The van der Waals surface area contributed by atoms with Gasteiger partial charge in [0.2, 0.25) is 5.91 Å². The van der Waals surface area contributed by atoms with Gasteiger partial charge < -0.3 is 4.90 Å². The fourth-order valence-corrected chi connectivity index (χ4v) is 7.14. The number of fused-ring (bicyclic) bond motifs is 1. The molecule has 2 aromatic rings. The van der Waals surface area contributed by atoms with Gasteiger partial charge in [-0.05, 0) is 38.5 Å². The molecule has 1 fully saturated rings. The number of rotatable bonds is 5. The fourth-order valence-electron chi connectivity index (χ4n) is 2.98. The van der Waals surface area contributed by atoms with E-state index in [0.717, 1.165) is 14.6 Å². The maximum absolute atomic E-state index is 12.8. The molecule has 0 unspecified atom stereocenters. The maximum Gasteiger partial charge on any atom is 0.236 e. The van der Waals surface area contributed by atoms with Crippen LogP contribution in [0.4, 0.5) is 0 Å². The summed E-state index contributed by atoms with van der Waals surface area (Å²) < 4.78 is 25.3. The first-order chi connectivity index (χ1) is 11.8. The van der Waals surface area contributed by atoms with E-state index >= 15 is 0 Å². The largest absolute Gasteiger partial charge is 0.338 e. The number of sulfone groups is 1. The number of carbonyl (C=O) groups excluding carboxylic acids is 1.